The average Bonchev–Trinajstić information content (AvgIpc) is 2.84. The number of nitrogens with one attached hydrogen (secondary N) is 1. The van der Waals surface area contributed by atoms with Gasteiger partial charge in [-0.25, -0.2) is 0 Å². The summed E-state index contributed by atoms with van der Waals surface area (Å²) >= 11 is 0. The van der Waals surface area contributed by atoms with E-state index in [0.29, 0.717) is 24.2 Å². The van der Waals surface area contributed by atoms with Crippen molar-refractivity contribution in [2.24, 2.45) is 5.73 Å². The summed E-state index contributed by atoms with van der Waals surface area (Å²) in [6.45, 7) is 1.68. The molecule has 3 aromatic rings. The lowest BCUT2D eigenvalue weighted by Gasteiger charge is -2.31. The number of nitrogens with two attached hydrogens (primary N) is 1. The molecule has 8 nitrogen and oxygen atoms in total. The van der Waals surface area contributed by atoms with Crippen molar-refractivity contribution >= 4 is 22.7 Å². The molecule has 1 fully saturated rings. The molecule has 2 heterocycles. The van der Waals surface area contributed by atoms with Crippen LogP contribution in [0.2, 0.25) is 0 Å². The molecular weight excluding hydrogens is 432 g/mol. The lowest BCUT2D eigenvalue weighted by Crippen LogP contribution is -2.46. The SMILES string of the molecule is COc1ccc(C(CC(=O)NC2CCN(CC(N)=O)CC2)c2ccc3cccnc3c2O)cc1. The van der Waals surface area contributed by atoms with Crippen molar-refractivity contribution in [3.8, 4) is 11.5 Å². The van der Waals surface area contributed by atoms with Crippen molar-refractivity contribution in [3.63, 3.8) is 0 Å². The van der Waals surface area contributed by atoms with E-state index in [0.717, 1.165) is 29.5 Å². The van der Waals surface area contributed by atoms with Gasteiger partial charge in [-0.2, -0.15) is 0 Å². The maximum absolute atomic E-state index is 13.1. The number of pyridine rings is 1. The van der Waals surface area contributed by atoms with Gasteiger partial charge < -0.3 is 20.9 Å². The molecule has 2 amide bonds. The number of carbonyl (C=O) groups excluding carboxylic acids is 2. The highest BCUT2D eigenvalue weighted by atomic mass is 16.5. The van der Waals surface area contributed by atoms with Gasteiger partial charge in [0.1, 0.15) is 17.0 Å². The molecule has 2 aromatic carbocycles. The van der Waals surface area contributed by atoms with E-state index in [2.05, 4.69) is 10.3 Å². The van der Waals surface area contributed by atoms with Crippen LogP contribution < -0.4 is 15.8 Å². The number of ether oxygens (including phenoxy) is 1. The fourth-order valence-electron chi connectivity index (χ4n) is 4.60. The van der Waals surface area contributed by atoms with Crippen LogP contribution in [0.3, 0.4) is 0 Å². The van der Waals surface area contributed by atoms with E-state index in [-0.39, 0.29) is 42.5 Å². The van der Waals surface area contributed by atoms with Crippen LogP contribution in [0.5, 0.6) is 11.5 Å². The third kappa shape index (κ3) is 5.46. The number of amides is 2. The van der Waals surface area contributed by atoms with Gasteiger partial charge in [0, 0.05) is 48.6 Å². The third-order valence-corrected chi connectivity index (χ3v) is 6.39. The minimum Gasteiger partial charge on any atom is -0.505 e. The van der Waals surface area contributed by atoms with Gasteiger partial charge in [0.2, 0.25) is 11.8 Å². The van der Waals surface area contributed by atoms with Crippen molar-refractivity contribution < 1.29 is 19.4 Å². The fraction of sp³-hybridized carbons (Fsp3) is 0.346. The highest BCUT2D eigenvalue weighted by Crippen LogP contribution is 2.38. The Morgan fingerprint density at radius 1 is 1.18 bits per heavy atom. The number of likely N-dealkylation sites (tertiary alicyclic amines) is 1. The minimum absolute atomic E-state index is 0.0417. The molecule has 34 heavy (non-hydrogen) atoms. The van der Waals surface area contributed by atoms with Crippen LogP contribution in [0.25, 0.3) is 10.9 Å². The van der Waals surface area contributed by atoms with Crippen molar-refractivity contribution in [2.75, 3.05) is 26.7 Å². The Balaban J connectivity index is 1.54. The molecule has 0 radical (unpaired) electrons. The van der Waals surface area contributed by atoms with Crippen LogP contribution in [0.1, 0.15) is 36.3 Å². The smallest absolute Gasteiger partial charge is 0.231 e. The standard InChI is InChI=1S/C26H30N4O4/c1-34-20-7-4-17(5-8-20)22(21-9-6-18-3-2-12-28-25(18)26(21)33)15-24(32)29-19-10-13-30(14-11-19)16-23(27)31/h2-9,12,19,22,33H,10-11,13-16H2,1H3,(H2,27,31)(H,29,32). The van der Waals surface area contributed by atoms with E-state index in [4.69, 9.17) is 10.5 Å². The third-order valence-electron chi connectivity index (χ3n) is 6.39. The number of phenolic OH excluding ortho intramolecular Hbond substituents is 1. The molecule has 0 aliphatic carbocycles. The second-order valence-electron chi connectivity index (χ2n) is 8.69. The Labute approximate surface area is 198 Å². The number of phenols is 1. The summed E-state index contributed by atoms with van der Waals surface area (Å²) in [5.41, 5.74) is 7.36. The predicted octanol–water partition coefficient (Wildman–Crippen LogP) is 2.54. The van der Waals surface area contributed by atoms with Crippen molar-refractivity contribution in [1.29, 1.82) is 0 Å². The number of aromatic nitrogens is 1. The Bertz CT molecular complexity index is 1160. The van der Waals surface area contributed by atoms with Crippen LogP contribution in [-0.4, -0.2) is 59.6 Å². The number of benzene rings is 2. The predicted molar refractivity (Wildman–Crippen MR) is 130 cm³/mol. The quantitative estimate of drug-likeness (QED) is 0.474. The molecule has 1 unspecified atom stereocenters. The first kappa shape index (κ1) is 23.5. The number of nitrogens with zero attached hydrogens (tertiary/aromatic N) is 2. The topological polar surface area (TPSA) is 118 Å². The number of methoxy groups -OCH3 is 1. The number of carbonyl (C=O) groups is 2. The normalized spacial score (nSPS) is 15.7. The number of hydrogen-bond acceptors (Lipinski definition) is 6. The van der Waals surface area contributed by atoms with Crippen molar-refractivity contribution in [1.82, 2.24) is 15.2 Å². The molecule has 1 aliphatic rings. The van der Waals surface area contributed by atoms with Gasteiger partial charge in [-0.15, -0.1) is 0 Å². The number of rotatable bonds is 8. The van der Waals surface area contributed by atoms with E-state index in [1.807, 2.05) is 53.4 Å². The summed E-state index contributed by atoms with van der Waals surface area (Å²) in [5.74, 6) is 0.0296. The first-order chi connectivity index (χ1) is 16.4. The number of fused-ring (bicyclic) bond motifs is 1. The summed E-state index contributed by atoms with van der Waals surface area (Å²) in [6.07, 6.45) is 3.35. The number of primary amides is 1. The van der Waals surface area contributed by atoms with E-state index in [1.54, 1.807) is 13.3 Å². The molecule has 4 rings (SSSR count). The lowest BCUT2D eigenvalue weighted by atomic mass is 9.86. The van der Waals surface area contributed by atoms with E-state index < -0.39 is 0 Å². The largest absolute Gasteiger partial charge is 0.505 e. The molecule has 8 heteroatoms. The van der Waals surface area contributed by atoms with Crippen LogP contribution >= 0.6 is 0 Å². The zero-order valence-electron chi connectivity index (χ0n) is 19.2. The Morgan fingerprint density at radius 2 is 1.91 bits per heavy atom. The lowest BCUT2D eigenvalue weighted by molar-refractivity contribution is -0.123. The second-order valence-corrected chi connectivity index (χ2v) is 8.69. The maximum Gasteiger partial charge on any atom is 0.231 e. The Kier molecular flexibility index (Phi) is 7.27. The average molecular weight is 463 g/mol. The van der Waals surface area contributed by atoms with Crippen molar-refractivity contribution in [3.05, 3.63) is 65.9 Å². The fourth-order valence-corrected chi connectivity index (χ4v) is 4.60. The van der Waals surface area contributed by atoms with E-state index >= 15 is 0 Å². The van der Waals surface area contributed by atoms with Gasteiger partial charge in [-0.1, -0.05) is 30.3 Å². The van der Waals surface area contributed by atoms with E-state index in [9.17, 15) is 14.7 Å². The van der Waals surface area contributed by atoms with Gasteiger partial charge >= 0.3 is 0 Å². The van der Waals surface area contributed by atoms with Crippen molar-refractivity contribution in [2.45, 2.75) is 31.2 Å². The minimum atomic E-state index is -0.354. The molecular formula is C26H30N4O4. The van der Waals surface area contributed by atoms with Gasteiger partial charge in [-0.3, -0.25) is 19.5 Å². The summed E-state index contributed by atoms with van der Waals surface area (Å²) in [7, 11) is 1.61. The van der Waals surface area contributed by atoms with Gasteiger partial charge in [0.25, 0.3) is 0 Å². The number of hydrogen-bond donors (Lipinski definition) is 3. The monoisotopic (exact) mass is 462 g/mol. The summed E-state index contributed by atoms with van der Waals surface area (Å²) in [5, 5.41) is 15.0. The molecule has 1 aliphatic heterocycles. The molecule has 4 N–H and O–H groups in total. The second kappa shape index (κ2) is 10.5. The first-order valence-electron chi connectivity index (χ1n) is 11.4. The molecule has 0 saturated carbocycles. The Hall–Kier alpha value is -3.65. The van der Waals surface area contributed by atoms with Gasteiger partial charge in [0.05, 0.1) is 13.7 Å². The van der Waals surface area contributed by atoms with Crippen LogP contribution in [0.15, 0.2) is 54.7 Å². The molecule has 1 saturated heterocycles. The Morgan fingerprint density at radius 3 is 2.59 bits per heavy atom. The zero-order valence-corrected chi connectivity index (χ0v) is 19.2. The highest BCUT2D eigenvalue weighted by Gasteiger charge is 2.26. The first-order valence-corrected chi connectivity index (χ1v) is 11.4. The molecule has 1 atom stereocenters. The van der Waals surface area contributed by atoms with Gasteiger partial charge in [0.15, 0.2) is 0 Å². The number of piperidine rings is 1. The number of aromatic hydroxyl groups is 1. The summed E-state index contributed by atoms with van der Waals surface area (Å²) in [6, 6.07) is 15.1. The van der Waals surface area contributed by atoms with Crippen LogP contribution in [0, 0.1) is 0 Å². The molecule has 178 valence electrons. The van der Waals surface area contributed by atoms with Crippen LogP contribution in [-0.2, 0) is 9.59 Å². The van der Waals surface area contributed by atoms with Gasteiger partial charge in [-0.05, 0) is 36.6 Å². The zero-order chi connectivity index (χ0) is 24.1. The molecule has 0 spiro atoms. The highest BCUT2D eigenvalue weighted by molar-refractivity contribution is 5.86. The molecule has 1 aromatic heterocycles. The summed E-state index contributed by atoms with van der Waals surface area (Å²) < 4.78 is 5.28. The maximum atomic E-state index is 13.1. The van der Waals surface area contributed by atoms with E-state index in [1.165, 1.54) is 0 Å². The van der Waals surface area contributed by atoms with Crippen LogP contribution in [0.4, 0.5) is 0 Å². The summed E-state index contributed by atoms with van der Waals surface area (Å²) in [4.78, 5) is 30.6. The molecule has 0 bridgehead atoms.